The van der Waals surface area contributed by atoms with Crippen LogP contribution in [0.5, 0.6) is 0 Å². The zero-order valence-corrected chi connectivity index (χ0v) is 9.70. The molecule has 13 heavy (non-hydrogen) atoms. The van der Waals surface area contributed by atoms with Crippen LogP contribution in [0, 0.1) is 0 Å². The molecule has 0 saturated carbocycles. The van der Waals surface area contributed by atoms with E-state index in [9.17, 15) is 0 Å². The summed E-state index contributed by atoms with van der Waals surface area (Å²) in [7, 11) is 0. The lowest BCUT2D eigenvalue weighted by atomic mass is 10.2. The lowest BCUT2D eigenvalue weighted by Crippen LogP contribution is -2.12. The highest BCUT2D eigenvalue weighted by Gasteiger charge is 1.90. The number of hydrogen-bond donors (Lipinski definition) is 1. The molecule has 72 valence electrons. The average molecular weight is 263 g/mol. The topological polar surface area (TPSA) is 12.0 Å². The van der Waals surface area contributed by atoms with Gasteiger partial charge in [-0.25, -0.2) is 0 Å². The van der Waals surface area contributed by atoms with Crippen molar-refractivity contribution in [3.8, 4) is 0 Å². The summed E-state index contributed by atoms with van der Waals surface area (Å²) >= 11 is 3.39. The summed E-state index contributed by atoms with van der Waals surface area (Å²) in [5.41, 5.74) is 1.29. The third-order valence-corrected chi connectivity index (χ3v) is 2.06. The zero-order valence-electron chi connectivity index (χ0n) is 7.29. The molecule has 1 N–H and O–H groups in total. The van der Waals surface area contributed by atoms with Gasteiger partial charge in [-0.1, -0.05) is 34.1 Å². The van der Waals surface area contributed by atoms with E-state index in [-0.39, 0.29) is 12.4 Å². The Labute approximate surface area is 93.8 Å². The Morgan fingerprint density at radius 3 is 2.46 bits per heavy atom. The highest BCUT2D eigenvalue weighted by Crippen LogP contribution is 2.09. The standard InChI is InChI=1S/C10H12BrN.ClH/c1-2-7-12-8-9-3-5-10(11)6-4-9;/h2-6,12H,1,7-8H2;1H. The van der Waals surface area contributed by atoms with E-state index in [2.05, 4.69) is 40.0 Å². The maximum absolute atomic E-state index is 3.64. The van der Waals surface area contributed by atoms with Crippen molar-refractivity contribution < 1.29 is 0 Å². The van der Waals surface area contributed by atoms with Gasteiger partial charge in [0, 0.05) is 17.6 Å². The minimum Gasteiger partial charge on any atom is -0.309 e. The van der Waals surface area contributed by atoms with E-state index in [0.29, 0.717) is 0 Å². The van der Waals surface area contributed by atoms with Gasteiger partial charge in [-0.2, -0.15) is 0 Å². The van der Waals surface area contributed by atoms with Crippen LogP contribution in [0.4, 0.5) is 0 Å². The highest BCUT2D eigenvalue weighted by molar-refractivity contribution is 9.10. The van der Waals surface area contributed by atoms with Gasteiger partial charge in [-0.15, -0.1) is 19.0 Å². The van der Waals surface area contributed by atoms with Gasteiger partial charge in [0.1, 0.15) is 0 Å². The van der Waals surface area contributed by atoms with E-state index in [1.54, 1.807) is 0 Å². The molecule has 0 fully saturated rings. The summed E-state index contributed by atoms with van der Waals surface area (Å²) in [6, 6.07) is 8.29. The Bertz CT molecular complexity index is 246. The fraction of sp³-hybridized carbons (Fsp3) is 0.200. The summed E-state index contributed by atoms with van der Waals surface area (Å²) in [5, 5.41) is 3.24. The van der Waals surface area contributed by atoms with Crippen LogP contribution < -0.4 is 5.32 Å². The van der Waals surface area contributed by atoms with Gasteiger partial charge in [0.15, 0.2) is 0 Å². The number of halogens is 2. The lowest BCUT2D eigenvalue weighted by molar-refractivity contribution is 0.760. The summed E-state index contributed by atoms with van der Waals surface area (Å²) < 4.78 is 1.12. The van der Waals surface area contributed by atoms with Crippen molar-refractivity contribution in [2.24, 2.45) is 0 Å². The third-order valence-electron chi connectivity index (χ3n) is 1.53. The zero-order chi connectivity index (χ0) is 8.81. The first kappa shape index (κ1) is 12.7. The van der Waals surface area contributed by atoms with Gasteiger partial charge < -0.3 is 5.32 Å². The van der Waals surface area contributed by atoms with E-state index in [1.165, 1.54) is 5.56 Å². The van der Waals surface area contributed by atoms with Crippen LogP contribution >= 0.6 is 28.3 Å². The predicted octanol–water partition coefficient (Wildman–Crippen LogP) is 3.15. The lowest BCUT2D eigenvalue weighted by Gasteiger charge is -2.01. The van der Waals surface area contributed by atoms with Gasteiger partial charge in [0.05, 0.1) is 0 Å². The molecular formula is C10H13BrClN. The van der Waals surface area contributed by atoms with Gasteiger partial charge in [0.2, 0.25) is 0 Å². The second-order valence-electron chi connectivity index (χ2n) is 2.55. The molecular weight excluding hydrogens is 249 g/mol. The van der Waals surface area contributed by atoms with Gasteiger partial charge in [-0.3, -0.25) is 0 Å². The first-order valence-corrected chi connectivity index (χ1v) is 4.68. The molecule has 0 aromatic heterocycles. The van der Waals surface area contributed by atoms with E-state index < -0.39 is 0 Å². The quantitative estimate of drug-likeness (QED) is 0.649. The average Bonchev–Trinajstić information content (AvgIpc) is 2.09. The van der Waals surface area contributed by atoms with Crippen LogP contribution in [-0.2, 0) is 6.54 Å². The largest absolute Gasteiger partial charge is 0.309 e. The Balaban J connectivity index is 0.00000144. The Morgan fingerprint density at radius 2 is 1.92 bits per heavy atom. The van der Waals surface area contributed by atoms with Crippen molar-refractivity contribution in [2.45, 2.75) is 6.54 Å². The Kier molecular flexibility index (Phi) is 6.96. The molecule has 1 nitrogen and oxygen atoms in total. The van der Waals surface area contributed by atoms with Crippen LogP contribution in [0.15, 0.2) is 41.4 Å². The van der Waals surface area contributed by atoms with Gasteiger partial charge in [0.25, 0.3) is 0 Å². The molecule has 0 bridgehead atoms. The van der Waals surface area contributed by atoms with Crippen LogP contribution in [0.3, 0.4) is 0 Å². The second-order valence-corrected chi connectivity index (χ2v) is 3.46. The fourth-order valence-electron chi connectivity index (χ4n) is 0.921. The maximum Gasteiger partial charge on any atom is 0.0208 e. The van der Waals surface area contributed by atoms with Crippen LogP contribution in [0.25, 0.3) is 0 Å². The Hall–Kier alpha value is -0.310. The molecule has 1 aromatic carbocycles. The third kappa shape index (κ3) is 5.09. The van der Waals surface area contributed by atoms with E-state index >= 15 is 0 Å². The van der Waals surface area contributed by atoms with Crippen molar-refractivity contribution >= 4 is 28.3 Å². The van der Waals surface area contributed by atoms with Crippen LogP contribution in [-0.4, -0.2) is 6.54 Å². The molecule has 1 rings (SSSR count). The molecule has 0 radical (unpaired) electrons. The van der Waals surface area contributed by atoms with Crippen molar-refractivity contribution in [3.63, 3.8) is 0 Å². The van der Waals surface area contributed by atoms with Gasteiger partial charge >= 0.3 is 0 Å². The SMILES string of the molecule is C=CCNCc1ccc(Br)cc1.Cl. The monoisotopic (exact) mass is 261 g/mol. The predicted molar refractivity (Wildman–Crippen MR) is 63.3 cm³/mol. The van der Waals surface area contributed by atoms with Crippen molar-refractivity contribution in [1.29, 1.82) is 0 Å². The maximum atomic E-state index is 3.64. The molecule has 0 spiro atoms. The number of benzene rings is 1. The van der Waals surface area contributed by atoms with E-state index in [4.69, 9.17) is 0 Å². The normalized spacial score (nSPS) is 9.00. The number of hydrogen-bond acceptors (Lipinski definition) is 1. The van der Waals surface area contributed by atoms with Crippen molar-refractivity contribution in [3.05, 3.63) is 47.0 Å². The van der Waals surface area contributed by atoms with Gasteiger partial charge in [-0.05, 0) is 17.7 Å². The smallest absolute Gasteiger partial charge is 0.0208 e. The number of nitrogens with one attached hydrogen (secondary N) is 1. The minimum absolute atomic E-state index is 0. The highest BCUT2D eigenvalue weighted by atomic mass is 79.9. The van der Waals surface area contributed by atoms with E-state index in [1.807, 2.05) is 18.2 Å². The molecule has 0 saturated heterocycles. The first-order valence-electron chi connectivity index (χ1n) is 3.89. The molecule has 0 heterocycles. The summed E-state index contributed by atoms with van der Waals surface area (Å²) in [6.07, 6.45) is 1.86. The molecule has 1 aromatic rings. The summed E-state index contributed by atoms with van der Waals surface area (Å²) in [5.74, 6) is 0. The minimum atomic E-state index is 0. The molecule has 0 aliphatic rings. The van der Waals surface area contributed by atoms with Crippen LogP contribution in [0.2, 0.25) is 0 Å². The summed E-state index contributed by atoms with van der Waals surface area (Å²) in [6.45, 7) is 5.40. The molecule has 0 atom stereocenters. The van der Waals surface area contributed by atoms with Crippen molar-refractivity contribution in [1.82, 2.24) is 5.32 Å². The summed E-state index contributed by atoms with van der Waals surface area (Å²) in [4.78, 5) is 0. The molecule has 0 aliphatic carbocycles. The second kappa shape index (κ2) is 7.13. The van der Waals surface area contributed by atoms with E-state index in [0.717, 1.165) is 17.6 Å². The molecule has 0 aliphatic heterocycles. The fourth-order valence-corrected chi connectivity index (χ4v) is 1.19. The first-order chi connectivity index (χ1) is 5.83. The molecule has 3 heteroatoms. The van der Waals surface area contributed by atoms with Crippen LogP contribution in [0.1, 0.15) is 5.56 Å². The Morgan fingerprint density at radius 1 is 1.31 bits per heavy atom. The number of rotatable bonds is 4. The van der Waals surface area contributed by atoms with Crippen molar-refractivity contribution in [2.75, 3.05) is 6.54 Å². The molecule has 0 amide bonds. The molecule has 0 unspecified atom stereocenters.